The number of carbonyl (C=O) groups is 2. The molecule has 1 aromatic heterocycles. The zero-order chi connectivity index (χ0) is 22.6. The molecule has 0 aliphatic heterocycles. The number of hydroxylamine groups is 2. The highest BCUT2D eigenvalue weighted by Crippen LogP contribution is 2.15. The van der Waals surface area contributed by atoms with Gasteiger partial charge in [0.05, 0.1) is 39.6 Å². The number of Topliss-reactive ketones (excluding diaryl/α,β-unsaturated/α-hetero) is 1. The number of nitrogens with zero attached hydrogens (tertiary/aromatic N) is 2. The van der Waals surface area contributed by atoms with Crippen LogP contribution < -0.4 is 0 Å². The summed E-state index contributed by atoms with van der Waals surface area (Å²) >= 11 is 0. The lowest BCUT2D eigenvalue weighted by molar-refractivity contribution is -0.122. The zero-order valence-corrected chi connectivity index (χ0v) is 18.2. The molecule has 1 heterocycles. The van der Waals surface area contributed by atoms with Crippen molar-refractivity contribution in [3.8, 4) is 0 Å². The first-order valence-electron chi connectivity index (χ1n) is 9.94. The highest BCUT2D eigenvalue weighted by Gasteiger charge is 2.21. The molecule has 1 aromatic carbocycles. The second kappa shape index (κ2) is 12.8. The average molecular weight is 431 g/mol. The van der Waals surface area contributed by atoms with Crippen LogP contribution in [0.1, 0.15) is 28.2 Å². The zero-order valence-electron chi connectivity index (χ0n) is 18.2. The quantitative estimate of drug-likeness (QED) is 0.388. The summed E-state index contributed by atoms with van der Waals surface area (Å²) in [5.74, 6) is -0.549. The van der Waals surface area contributed by atoms with Crippen LogP contribution in [-0.4, -0.2) is 60.4 Å². The van der Waals surface area contributed by atoms with Gasteiger partial charge in [-0.3, -0.25) is 14.4 Å². The van der Waals surface area contributed by atoms with Crippen LogP contribution in [0, 0.1) is 0 Å². The first-order chi connectivity index (χ1) is 15.0. The van der Waals surface area contributed by atoms with Crippen LogP contribution in [0.15, 0.2) is 54.6 Å². The van der Waals surface area contributed by atoms with Crippen LogP contribution in [0.4, 0.5) is 0 Å². The lowest BCUT2D eigenvalue weighted by Crippen LogP contribution is -2.29. The Balaban J connectivity index is 2.10. The van der Waals surface area contributed by atoms with Crippen LogP contribution in [0.3, 0.4) is 0 Å². The van der Waals surface area contributed by atoms with Crippen molar-refractivity contribution in [1.29, 1.82) is 0 Å². The number of hydrogen-bond donors (Lipinski definition) is 1. The van der Waals surface area contributed by atoms with E-state index in [2.05, 4.69) is 0 Å². The van der Waals surface area contributed by atoms with Gasteiger partial charge in [-0.25, -0.2) is 5.06 Å². The van der Waals surface area contributed by atoms with Gasteiger partial charge in [0.1, 0.15) is 5.69 Å². The molecule has 0 radical (unpaired) electrons. The summed E-state index contributed by atoms with van der Waals surface area (Å²) in [6.07, 6.45) is 3.28. The molecule has 0 aliphatic carbocycles. The minimum Gasteiger partial charge on any atom is -0.390 e. The van der Waals surface area contributed by atoms with Crippen molar-refractivity contribution in [2.75, 3.05) is 27.9 Å². The lowest BCUT2D eigenvalue weighted by Gasteiger charge is -2.18. The number of aromatic nitrogens is 1. The SMILES string of the molecule is COC/C=C/[C@H](CC(=O)Cn1c(CO)ccc1C(=O)N(C)OC)OCc1ccccc1. The maximum atomic E-state index is 12.8. The number of methoxy groups -OCH3 is 1. The molecule has 0 saturated carbocycles. The van der Waals surface area contributed by atoms with Gasteiger partial charge < -0.3 is 19.1 Å². The lowest BCUT2D eigenvalue weighted by atomic mass is 10.1. The summed E-state index contributed by atoms with van der Waals surface area (Å²) in [5, 5.41) is 10.7. The Kier molecular flexibility index (Phi) is 10.1. The van der Waals surface area contributed by atoms with E-state index in [1.807, 2.05) is 30.3 Å². The third-order valence-electron chi connectivity index (χ3n) is 4.70. The number of ether oxygens (including phenoxy) is 2. The van der Waals surface area contributed by atoms with Gasteiger partial charge in [-0.2, -0.15) is 0 Å². The molecule has 31 heavy (non-hydrogen) atoms. The standard InChI is InChI=1S/C23H30N2O6/c1-24(30-3)23(28)22-12-11-19(16-26)25(22)15-20(27)14-21(10-7-13-29-2)31-17-18-8-5-4-6-9-18/h4-12,21,26H,13-17H2,1-3H3/b10-7+/t21-/m1/s1. The number of aliphatic hydroxyl groups is 1. The summed E-state index contributed by atoms with van der Waals surface area (Å²) in [4.78, 5) is 30.3. The number of carbonyl (C=O) groups excluding carboxylic acids is 2. The van der Waals surface area contributed by atoms with Gasteiger partial charge in [0, 0.05) is 26.3 Å². The molecule has 8 nitrogen and oxygen atoms in total. The van der Waals surface area contributed by atoms with Crippen molar-refractivity contribution in [2.24, 2.45) is 0 Å². The van der Waals surface area contributed by atoms with Gasteiger partial charge in [0.25, 0.3) is 5.91 Å². The molecule has 0 aliphatic rings. The predicted molar refractivity (Wildman–Crippen MR) is 115 cm³/mol. The summed E-state index contributed by atoms with van der Waals surface area (Å²) in [7, 11) is 4.45. The molecular weight excluding hydrogens is 400 g/mol. The summed E-state index contributed by atoms with van der Waals surface area (Å²) < 4.78 is 12.5. The number of rotatable bonds is 13. The largest absolute Gasteiger partial charge is 0.390 e. The van der Waals surface area contributed by atoms with Crippen molar-refractivity contribution in [2.45, 2.75) is 32.3 Å². The number of amides is 1. The minimum atomic E-state index is -0.447. The van der Waals surface area contributed by atoms with Crippen LogP contribution in [0.25, 0.3) is 0 Å². The third kappa shape index (κ3) is 7.45. The van der Waals surface area contributed by atoms with Crippen LogP contribution in [-0.2, 0) is 38.9 Å². The molecule has 1 amide bonds. The molecule has 0 saturated heterocycles. The average Bonchev–Trinajstić information content (AvgIpc) is 3.19. The van der Waals surface area contributed by atoms with E-state index in [1.165, 1.54) is 18.7 Å². The summed E-state index contributed by atoms with van der Waals surface area (Å²) in [5.41, 5.74) is 1.74. The van der Waals surface area contributed by atoms with E-state index in [4.69, 9.17) is 14.3 Å². The van der Waals surface area contributed by atoms with E-state index >= 15 is 0 Å². The van der Waals surface area contributed by atoms with Gasteiger partial charge in [-0.05, 0) is 17.7 Å². The topological polar surface area (TPSA) is 90.2 Å². The smallest absolute Gasteiger partial charge is 0.293 e. The summed E-state index contributed by atoms with van der Waals surface area (Å²) in [6.45, 7) is 0.418. The fourth-order valence-corrected chi connectivity index (χ4v) is 2.99. The van der Waals surface area contributed by atoms with Crippen molar-refractivity contribution < 1.29 is 29.0 Å². The van der Waals surface area contributed by atoms with E-state index in [0.717, 1.165) is 10.6 Å². The molecule has 168 valence electrons. The van der Waals surface area contributed by atoms with Crippen molar-refractivity contribution in [1.82, 2.24) is 9.63 Å². The van der Waals surface area contributed by atoms with Gasteiger partial charge in [0.15, 0.2) is 5.78 Å². The summed E-state index contributed by atoms with van der Waals surface area (Å²) in [6, 6.07) is 12.9. The fraction of sp³-hybridized carbons (Fsp3) is 0.391. The normalized spacial score (nSPS) is 12.3. The van der Waals surface area contributed by atoms with Crippen molar-refractivity contribution >= 4 is 11.7 Å². The minimum absolute atomic E-state index is 0.0646. The number of benzene rings is 1. The molecule has 1 atom stereocenters. The third-order valence-corrected chi connectivity index (χ3v) is 4.70. The predicted octanol–water partition coefficient (Wildman–Crippen LogP) is 2.36. The molecule has 1 N–H and O–H groups in total. The fourth-order valence-electron chi connectivity index (χ4n) is 2.99. The number of hydrogen-bond acceptors (Lipinski definition) is 6. The van der Waals surface area contributed by atoms with Crippen LogP contribution in [0.2, 0.25) is 0 Å². The Bertz CT molecular complexity index is 862. The molecule has 0 bridgehead atoms. The van der Waals surface area contributed by atoms with Gasteiger partial charge in [-0.15, -0.1) is 0 Å². The van der Waals surface area contributed by atoms with E-state index < -0.39 is 12.0 Å². The number of ketones is 1. The Hall–Kier alpha value is -2.78. The Morgan fingerprint density at radius 2 is 1.90 bits per heavy atom. The number of aliphatic hydroxyl groups excluding tert-OH is 1. The Morgan fingerprint density at radius 1 is 1.16 bits per heavy atom. The molecule has 0 fully saturated rings. The van der Waals surface area contributed by atoms with E-state index in [1.54, 1.807) is 31.4 Å². The van der Waals surface area contributed by atoms with Gasteiger partial charge in [-0.1, -0.05) is 42.5 Å². The first kappa shape index (κ1) is 24.5. The Morgan fingerprint density at radius 3 is 2.55 bits per heavy atom. The first-order valence-corrected chi connectivity index (χ1v) is 9.94. The molecule has 2 aromatic rings. The van der Waals surface area contributed by atoms with Crippen molar-refractivity contribution in [3.05, 3.63) is 71.6 Å². The Labute approximate surface area is 182 Å². The maximum absolute atomic E-state index is 12.8. The second-order valence-electron chi connectivity index (χ2n) is 6.90. The monoisotopic (exact) mass is 430 g/mol. The second-order valence-corrected chi connectivity index (χ2v) is 6.90. The van der Waals surface area contributed by atoms with Crippen LogP contribution in [0.5, 0.6) is 0 Å². The van der Waals surface area contributed by atoms with E-state index in [0.29, 0.717) is 18.9 Å². The van der Waals surface area contributed by atoms with E-state index in [9.17, 15) is 14.7 Å². The maximum Gasteiger partial charge on any atom is 0.293 e. The van der Waals surface area contributed by atoms with E-state index in [-0.39, 0.29) is 31.0 Å². The highest BCUT2D eigenvalue weighted by molar-refractivity contribution is 5.92. The molecule has 8 heteroatoms. The van der Waals surface area contributed by atoms with Gasteiger partial charge >= 0.3 is 0 Å². The van der Waals surface area contributed by atoms with Crippen LogP contribution >= 0.6 is 0 Å². The van der Waals surface area contributed by atoms with Gasteiger partial charge in [0.2, 0.25) is 0 Å². The molecule has 2 rings (SSSR count). The van der Waals surface area contributed by atoms with Crippen molar-refractivity contribution in [3.63, 3.8) is 0 Å². The molecule has 0 unspecified atom stereocenters. The highest BCUT2D eigenvalue weighted by atomic mass is 16.7. The molecule has 0 spiro atoms. The molecular formula is C23H30N2O6.